The van der Waals surface area contributed by atoms with Gasteiger partial charge in [-0.05, 0) is 72.5 Å². The minimum atomic E-state index is -0.134. The fraction of sp³-hybridized carbons (Fsp3) is 0.286. The minimum Gasteiger partial charge on any atom is -0.378 e. The van der Waals surface area contributed by atoms with Crippen LogP contribution < -0.4 is 15.1 Å². The van der Waals surface area contributed by atoms with Crippen molar-refractivity contribution >= 4 is 40.6 Å². The highest BCUT2D eigenvalue weighted by atomic mass is 32.2. The lowest BCUT2D eigenvalue weighted by Crippen LogP contribution is -2.27. The quantitative estimate of drug-likeness (QED) is 0.428. The SMILES string of the molecule is CCCCc1ccc(C(=O)Nc2cccc(C3SCC(=O)N3c3ccc(N(C)C)cc3)c2)cc1. The number of nitrogens with zero attached hydrogens (tertiary/aromatic N) is 2. The number of thioether (sulfide) groups is 1. The zero-order valence-corrected chi connectivity index (χ0v) is 20.8. The van der Waals surface area contributed by atoms with Gasteiger partial charge in [-0.2, -0.15) is 0 Å². The number of hydrogen-bond acceptors (Lipinski definition) is 4. The lowest BCUT2D eigenvalue weighted by molar-refractivity contribution is -0.115. The first-order valence-corrected chi connectivity index (χ1v) is 12.7. The molecular formula is C28H31N3O2S. The number of unbranched alkanes of at least 4 members (excludes halogenated alkanes) is 1. The summed E-state index contributed by atoms with van der Waals surface area (Å²) in [6, 6.07) is 23.6. The number of rotatable bonds is 8. The summed E-state index contributed by atoms with van der Waals surface area (Å²) in [6.07, 6.45) is 3.34. The molecule has 1 atom stereocenters. The summed E-state index contributed by atoms with van der Waals surface area (Å²) in [5.41, 5.74) is 5.56. The molecule has 1 aliphatic heterocycles. The molecular weight excluding hydrogens is 442 g/mol. The Hall–Kier alpha value is -3.25. The van der Waals surface area contributed by atoms with Gasteiger partial charge in [0.2, 0.25) is 5.91 Å². The lowest BCUT2D eigenvalue weighted by atomic mass is 10.1. The molecule has 0 radical (unpaired) electrons. The normalized spacial score (nSPS) is 15.4. The summed E-state index contributed by atoms with van der Waals surface area (Å²) in [4.78, 5) is 29.4. The third-order valence-electron chi connectivity index (χ3n) is 5.98. The summed E-state index contributed by atoms with van der Waals surface area (Å²) in [5, 5.41) is 2.88. The number of amides is 2. The monoisotopic (exact) mass is 473 g/mol. The zero-order chi connectivity index (χ0) is 24.1. The number of carbonyl (C=O) groups is 2. The molecule has 3 aromatic carbocycles. The number of carbonyl (C=O) groups excluding carboxylic acids is 2. The predicted octanol–water partition coefficient (Wildman–Crippen LogP) is 6.13. The van der Waals surface area contributed by atoms with Crippen LogP contribution in [0.25, 0.3) is 0 Å². The smallest absolute Gasteiger partial charge is 0.255 e. The molecule has 1 aliphatic rings. The Morgan fingerprint density at radius 1 is 1.06 bits per heavy atom. The van der Waals surface area contributed by atoms with Gasteiger partial charge in [0.25, 0.3) is 5.91 Å². The summed E-state index contributed by atoms with van der Waals surface area (Å²) < 4.78 is 0. The maximum absolute atomic E-state index is 12.8. The molecule has 1 heterocycles. The topological polar surface area (TPSA) is 52.7 Å². The molecule has 6 heteroatoms. The van der Waals surface area contributed by atoms with E-state index in [0.717, 1.165) is 41.9 Å². The van der Waals surface area contributed by atoms with E-state index < -0.39 is 0 Å². The van der Waals surface area contributed by atoms with Crippen molar-refractivity contribution in [2.24, 2.45) is 0 Å². The van der Waals surface area contributed by atoms with Crippen LogP contribution in [0.1, 0.15) is 46.6 Å². The van der Waals surface area contributed by atoms with Crippen LogP contribution in [0.5, 0.6) is 0 Å². The van der Waals surface area contributed by atoms with Crippen LogP contribution in [0.15, 0.2) is 72.8 Å². The average molecular weight is 474 g/mol. The van der Waals surface area contributed by atoms with Crippen LogP contribution in [0.4, 0.5) is 17.1 Å². The van der Waals surface area contributed by atoms with Crippen LogP contribution in [0.3, 0.4) is 0 Å². The second-order valence-corrected chi connectivity index (χ2v) is 9.79. The largest absolute Gasteiger partial charge is 0.378 e. The van der Waals surface area contributed by atoms with Crippen LogP contribution >= 0.6 is 11.8 Å². The highest BCUT2D eigenvalue weighted by molar-refractivity contribution is 8.00. The van der Waals surface area contributed by atoms with E-state index in [9.17, 15) is 9.59 Å². The molecule has 4 rings (SSSR count). The van der Waals surface area contributed by atoms with Gasteiger partial charge in [0.15, 0.2) is 0 Å². The van der Waals surface area contributed by atoms with Gasteiger partial charge < -0.3 is 10.2 Å². The van der Waals surface area contributed by atoms with E-state index in [1.54, 1.807) is 11.8 Å². The second kappa shape index (κ2) is 10.8. The third-order valence-corrected chi connectivity index (χ3v) is 7.19. The Kier molecular flexibility index (Phi) is 7.58. The highest BCUT2D eigenvalue weighted by Crippen LogP contribution is 2.42. The summed E-state index contributed by atoms with van der Waals surface area (Å²) in [6.45, 7) is 2.18. The summed E-state index contributed by atoms with van der Waals surface area (Å²) in [5.74, 6) is 0.386. The van der Waals surface area contributed by atoms with Crippen molar-refractivity contribution in [3.63, 3.8) is 0 Å². The van der Waals surface area contributed by atoms with Crippen molar-refractivity contribution in [1.82, 2.24) is 0 Å². The molecule has 1 N–H and O–H groups in total. The van der Waals surface area contributed by atoms with Crippen molar-refractivity contribution in [3.8, 4) is 0 Å². The average Bonchev–Trinajstić information content (AvgIpc) is 3.24. The Morgan fingerprint density at radius 2 is 1.79 bits per heavy atom. The van der Waals surface area contributed by atoms with Gasteiger partial charge in [-0.25, -0.2) is 0 Å². The second-order valence-electron chi connectivity index (χ2n) is 8.72. The van der Waals surface area contributed by atoms with Gasteiger partial charge in [-0.1, -0.05) is 37.6 Å². The predicted molar refractivity (Wildman–Crippen MR) is 143 cm³/mol. The third kappa shape index (κ3) is 5.45. The Morgan fingerprint density at radius 3 is 2.47 bits per heavy atom. The lowest BCUT2D eigenvalue weighted by Gasteiger charge is -2.25. The van der Waals surface area contributed by atoms with E-state index in [2.05, 4.69) is 12.2 Å². The van der Waals surface area contributed by atoms with Crippen molar-refractivity contribution < 1.29 is 9.59 Å². The van der Waals surface area contributed by atoms with Gasteiger partial charge in [-0.3, -0.25) is 14.5 Å². The standard InChI is InChI=1S/C28H31N3O2S/c1-4-5-7-20-10-12-21(13-11-20)27(33)29-23-9-6-8-22(18-23)28-31(26(32)19-34-28)25-16-14-24(15-17-25)30(2)3/h6,8-18,28H,4-5,7,19H2,1-3H3,(H,29,33). The molecule has 0 saturated carbocycles. The van der Waals surface area contributed by atoms with Gasteiger partial charge in [0, 0.05) is 36.7 Å². The fourth-order valence-corrected chi connectivity index (χ4v) is 5.21. The minimum absolute atomic E-state index is 0.0882. The molecule has 2 amide bonds. The molecule has 1 saturated heterocycles. The van der Waals surface area contributed by atoms with E-state index in [0.29, 0.717) is 11.3 Å². The number of aryl methyl sites for hydroxylation is 1. The number of benzene rings is 3. The molecule has 34 heavy (non-hydrogen) atoms. The van der Waals surface area contributed by atoms with E-state index >= 15 is 0 Å². The molecule has 0 spiro atoms. The summed E-state index contributed by atoms with van der Waals surface area (Å²) >= 11 is 1.60. The molecule has 3 aromatic rings. The number of nitrogens with one attached hydrogen (secondary N) is 1. The van der Waals surface area contributed by atoms with E-state index in [-0.39, 0.29) is 17.2 Å². The van der Waals surface area contributed by atoms with Gasteiger partial charge >= 0.3 is 0 Å². The van der Waals surface area contributed by atoms with Crippen molar-refractivity contribution in [2.45, 2.75) is 31.6 Å². The van der Waals surface area contributed by atoms with Crippen LogP contribution in [-0.4, -0.2) is 31.7 Å². The van der Waals surface area contributed by atoms with Crippen LogP contribution in [-0.2, 0) is 11.2 Å². The van der Waals surface area contributed by atoms with Gasteiger partial charge in [0.1, 0.15) is 5.37 Å². The first-order chi connectivity index (χ1) is 16.5. The molecule has 1 unspecified atom stereocenters. The maximum atomic E-state index is 12.8. The van der Waals surface area contributed by atoms with Crippen molar-refractivity contribution in [3.05, 3.63) is 89.5 Å². The maximum Gasteiger partial charge on any atom is 0.255 e. The molecule has 0 aliphatic carbocycles. The first-order valence-electron chi connectivity index (χ1n) is 11.7. The molecule has 0 bridgehead atoms. The molecule has 0 aromatic heterocycles. The molecule has 5 nitrogen and oxygen atoms in total. The Balaban J connectivity index is 1.49. The fourth-order valence-electron chi connectivity index (χ4n) is 4.04. The van der Waals surface area contributed by atoms with Gasteiger partial charge in [-0.15, -0.1) is 11.8 Å². The van der Waals surface area contributed by atoms with Crippen LogP contribution in [0, 0.1) is 0 Å². The first kappa shape index (κ1) is 23.9. The van der Waals surface area contributed by atoms with Gasteiger partial charge in [0.05, 0.1) is 5.75 Å². The summed E-state index contributed by atoms with van der Waals surface area (Å²) in [7, 11) is 3.99. The van der Waals surface area contributed by atoms with Crippen LogP contribution in [0.2, 0.25) is 0 Å². The van der Waals surface area contributed by atoms with Crippen molar-refractivity contribution in [1.29, 1.82) is 0 Å². The van der Waals surface area contributed by atoms with Crippen molar-refractivity contribution in [2.75, 3.05) is 35.0 Å². The molecule has 1 fully saturated rings. The van der Waals surface area contributed by atoms with E-state index in [1.807, 2.05) is 96.7 Å². The number of hydrogen-bond donors (Lipinski definition) is 1. The van der Waals surface area contributed by atoms with E-state index in [1.165, 1.54) is 5.56 Å². The number of anilines is 3. The zero-order valence-electron chi connectivity index (χ0n) is 20.0. The van der Waals surface area contributed by atoms with E-state index in [4.69, 9.17) is 0 Å². The molecule has 176 valence electrons. The highest BCUT2D eigenvalue weighted by Gasteiger charge is 2.34. The Labute approximate surface area is 206 Å². The Bertz CT molecular complexity index is 1140.